The number of carbonyl (C=O) groups is 1. The molecule has 1 fully saturated rings. The lowest BCUT2D eigenvalue weighted by molar-refractivity contribution is 0.0324. The molecule has 2 N–H and O–H groups in total. The molecule has 1 amide bonds. The van der Waals surface area contributed by atoms with Gasteiger partial charge in [-0.15, -0.1) is 0 Å². The van der Waals surface area contributed by atoms with Crippen molar-refractivity contribution in [2.45, 2.75) is 31.4 Å². The van der Waals surface area contributed by atoms with Crippen molar-refractivity contribution in [2.75, 3.05) is 27.2 Å². The number of nitrogens with zero attached hydrogens (tertiary/aromatic N) is 2. The van der Waals surface area contributed by atoms with Gasteiger partial charge >= 0.3 is 0 Å². The minimum absolute atomic E-state index is 0.115. The Morgan fingerprint density at radius 3 is 2.84 bits per heavy atom. The summed E-state index contributed by atoms with van der Waals surface area (Å²) in [5.74, 6) is -0.115. The first kappa shape index (κ1) is 14.1. The predicted molar refractivity (Wildman–Crippen MR) is 74.2 cm³/mol. The van der Waals surface area contributed by atoms with Crippen molar-refractivity contribution < 1.29 is 9.90 Å². The van der Waals surface area contributed by atoms with Crippen LogP contribution in [0.1, 0.15) is 36.3 Å². The quantitative estimate of drug-likeness (QED) is 0.802. The second kappa shape index (κ2) is 5.35. The van der Waals surface area contributed by atoms with Crippen molar-refractivity contribution in [1.29, 1.82) is 0 Å². The number of hydrogen-bond acceptors (Lipinski definition) is 3. The molecule has 2 rings (SSSR count). The summed E-state index contributed by atoms with van der Waals surface area (Å²) in [7, 11) is 3.79. The van der Waals surface area contributed by atoms with E-state index in [0.29, 0.717) is 18.3 Å². The molecule has 1 aromatic rings. The molecule has 19 heavy (non-hydrogen) atoms. The van der Waals surface area contributed by atoms with Gasteiger partial charge in [-0.2, -0.15) is 0 Å². The molecule has 1 atom stereocenters. The van der Waals surface area contributed by atoms with Gasteiger partial charge in [-0.1, -0.05) is 0 Å². The summed E-state index contributed by atoms with van der Waals surface area (Å²) in [6, 6.07) is 4.21. The third kappa shape index (κ3) is 3.81. The number of hydrogen-bond donors (Lipinski definition) is 2. The number of nitrogens with one attached hydrogen (secondary N) is 1. The van der Waals surface area contributed by atoms with Gasteiger partial charge in [0.1, 0.15) is 5.69 Å². The predicted octanol–water partition coefficient (Wildman–Crippen LogP) is 0.865. The maximum atomic E-state index is 12.1. The average molecular weight is 265 g/mol. The largest absolute Gasteiger partial charge is 0.387 e. The van der Waals surface area contributed by atoms with Gasteiger partial charge < -0.3 is 19.9 Å². The molecule has 1 heterocycles. The maximum Gasteiger partial charge on any atom is 0.268 e. The number of rotatable bonds is 6. The zero-order chi connectivity index (χ0) is 14.0. The van der Waals surface area contributed by atoms with Gasteiger partial charge in [0.15, 0.2) is 0 Å². The molecule has 0 aliphatic heterocycles. The van der Waals surface area contributed by atoms with Gasteiger partial charge in [-0.05, 0) is 46.0 Å². The van der Waals surface area contributed by atoms with Gasteiger partial charge in [0.25, 0.3) is 5.91 Å². The standard InChI is InChI=1S/C14H23N3O2/c1-14(19,10-16(2)3)9-15-13(18)12-5-4-8-17(12)11-6-7-11/h4-5,8,11,19H,6-7,9-10H2,1-3H3,(H,15,18). The Morgan fingerprint density at radius 2 is 2.26 bits per heavy atom. The van der Waals surface area contributed by atoms with E-state index >= 15 is 0 Å². The van der Waals surface area contributed by atoms with E-state index in [4.69, 9.17) is 0 Å². The van der Waals surface area contributed by atoms with Crippen LogP contribution in [0.25, 0.3) is 0 Å². The minimum Gasteiger partial charge on any atom is -0.387 e. The summed E-state index contributed by atoms with van der Waals surface area (Å²) in [6.45, 7) is 2.49. The van der Waals surface area contributed by atoms with Crippen LogP contribution in [0.15, 0.2) is 18.3 Å². The van der Waals surface area contributed by atoms with Gasteiger partial charge in [-0.25, -0.2) is 0 Å². The van der Waals surface area contributed by atoms with Gasteiger partial charge in [0.2, 0.25) is 0 Å². The van der Waals surface area contributed by atoms with Crippen LogP contribution in [0.2, 0.25) is 0 Å². The van der Waals surface area contributed by atoms with E-state index in [2.05, 4.69) is 5.32 Å². The first-order valence-corrected chi connectivity index (χ1v) is 6.71. The Bertz CT molecular complexity index is 447. The van der Waals surface area contributed by atoms with Crippen molar-refractivity contribution in [3.05, 3.63) is 24.0 Å². The molecule has 5 heteroatoms. The molecule has 0 spiro atoms. The summed E-state index contributed by atoms with van der Waals surface area (Å²) >= 11 is 0. The van der Waals surface area contributed by atoms with Crippen LogP contribution in [-0.4, -0.2) is 53.3 Å². The molecule has 0 radical (unpaired) electrons. The van der Waals surface area contributed by atoms with E-state index in [0.717, 1.165) is 12.8 Å². The fourth-order valence-electron chi connectivity index (χ4n) is 2.36. The van der Waals surface area contributed by atoms with Crippen LogP contribution in [0.4, 0.5) is 0 Å². The maximum absolute atomic E-state index is 12.1. The highest BCUT2D eigenvalue weighted by Crippen LogP contribution is 2.35. The number of carbonyl (C=O) groups excluding carboxylic acids is 1. The number of likely N-dealkylation sites (N-methyl/N-ethyl adjacent to an activating group) is 1. The second-order valence-electron chi connectivity index (χ2n) is 5.95. The van der Waals surface area contributed by atoms with Gasteiger partial charge in [0, 0.05) is 25.3 Å². The Hall–Kier alpha value is -1.33. The van der Waals surface area contributed by atoms with E-state index in [1.165, 1.54) is 0 Å². The van der Waals surface area contributed by atoms with Gasteiger partial charge in [0.05, 0.1) is 5.60 Å². The van der Waals surface area contributed by atoms with Crippen LogP contribution >= 0.6 is 0 Å². The van der Waals surface area contributed by atoms with Crippen molar-refractivity contribution in [3.8, 4) is 0 Å². The average Bonchev–Trinajstić information content (AvgIpc) is 3.02. The molecule has 1 saturated carbocycles. The lowest BCUT2D eigenvalue weighted by atomic mass is 10.1. The smallest absolute Gasteiger partial charge is 0.268 e. The van der Waals surface area contributed by atoms with Gasteiger partial charge in [-0.3, -0.25) is 4.79 Å². The highest BCUT2D eigenvalue weighted by atomic mass is 16.3. The summed E-state index contributed by atoms with van der Waals surface area (Å²) in [4.78, 5) is 14.0. The number of aromatic nitrogens is 1. The Morgan fingerprint density at radius 1 is 1.58 bits per heavy atom. The molecule has 1 aliphatic rings. The molecular formula is C14H23N3O2. The summed E-state index contributed by atoms with van der Waals surface area (Å²) < 4.78 is 2.02. The van der Waals surface area contributed by atoms with Crippen LogP contribution < -0.4 is 5.32 Å². The Kier molecular flexibility index (Phi) is 3.96. The molecule has 1 unspecified atom stereocenters. The lowest BCUT2D eigenvalue weighted by Gasteiger charge is -2.27. The normalized spacial score (nSPS) is 18.4. The first-order chi connectivity index (χ1) is 8.89. The zero-order valence-corrected chi connectivity index (χ0v) is 11.9. The number of amides is 1. The number of aliphatic hydroxyl groups is 1. The summed E-state index contributed by atoms with van der Waals surface area (Å²) in [5.41, 5.74) is -0.237. The molecule has 0 aromatic carbocycles. The first-order valence-electron chi connectivity index (χ1n) is 6.71. The third-order valence-electron chi connectivity index (χ3n) is 3.24. The van der Waals surface area contributed by atoms with Crippen LogP contribution in [0.5, 0.6) is 0 Å². The van der Waals surface area contributed by atoms with Crippen LogP contribution in [0.3, 0.4) is 0 Å². The summed E-state index contributed by atoms with van der Waals surface area (Å²) in [5, 5.41) is 13.0. The monoisotopic (exact) mass is 265 g/mol. The SMILES string of the molecule is CN(C)CC(C)(O)CNC(=O)c1cccn1C1CC1. The van der Waals surface area contributed by atoms with Crippen molar-refractivity contribution >= 4 is 5.91 Å². The van der Waals surface area contributed by atoms with E-state index in [9.17, 15) is 9.90 Å². The second-order valence-corrected chi connectivity index (χ2v) is 5.95. The van der Waals surface area contributed by atoms with Crippen molar-refractivity contribution in [1.82, 2.24) is 14.8 Å². The van der Waals surface area contributed by atoms with Crippen LogP contribution in [-0.2, 0) is 0 Å². The molecule has 106 valence electrons. The van der Waals surface area contributed by atoms with Crippen molar-refractivity contribution in [3.63, 3.8) is 0 Å². The minimum atomic E-state index is -0.920. The molecule has 0 bridgehead atoms. The van der Waals surface area contributed by atoms with E-state index in [1.807, 2.05) is 41.9 Å². The topological polar surface area (TPSA) is 57.5 Å². The third-order valence-corrected chi connectivity index (χ3v) is 3.24. The fraction of sp³-hybridized carbons (Fsp3) is 0.643. The lowest BCUT2D eigenvalue weighted by Crippen LogP contribution is -2.47. The van der Waals surface area contributed by atoms with Crippen LogP contribution in [0, 0.1) is 0 Å². The summed E-state index contributed by atoms with van der Waals surface area (Å²) in [6.07, 6.45) is 4.24. The zero-order valence-electron chi connectivity index (χ0n) is 11.9. The molecule has 0 saturated heterocycles. The van der Waals surface area contributed by atoms with E-state index < -0.39 is 5.60 Å². The molecule has 5 nitrogen and oxygen atoms in total. The van der Waals surface area contributed by atoms with E-state index in [1.54, 1.807) is 6.92 Å². The molecule has 1 aromatic heterocycles. The Labute approximate surface area is 114 Å². The molecule has 1 aliphatic carbocycles. The highest BCUT2D eigenvalue weighted by Gasteiger charge is 2.28. The highest BCUT2D eigenvalue weighted by molar-refractivity contribution is 5.92. The Balaban J connectivity index is 1.92. The van der Waals surface area contributed by atoms with E-state index in [-0.39, 0.29) is 12.5 Å². The van der Waals surface area contributed by atoms with Crippen molar-refractivity contribution in [2.24, 2.45) is 0 Å². The molecular weight excluding hydrogens is 242 g/mol. The fourth-order valence-corrected chi connectivity index (χ4v) is 2.36.